The largest absolute Gasteiger partial charge is 0.474 e. The van der Waals surface area contributed by atoms with Crippen LogP contribution in [0.15, 0.2) is 45.6 Å². The first-order chi connectivity index (χ1) is 14.7. The van der Waals surface area contributed by atoms with Crippen molar-refractivity contribution in [2.24, 2.45) is 0 Å². The second-order valence-corrected chi connectivity index (χ2v) is 7.83. The molecule has 0 spiro atoms. The molecule has 0 radical (unpaired) electrons. The summed E-state index contributed by atoms with van der Waals surface area (Å²) in [6, 6.07) is 3.38. The third-order valence-corrected chi connectivity index (χ3v) is 6.16. The Labute approximate surface area is 175 Å². The van der Waals surface area contributed by atoms with Crippen molar-refractivity contribution >= 4 is 39.1 Å². The van der Waals surface area contributed by atoms with Gasteiger partial charge in [-0.15, -0.1) is 11.3 Å². The van der Waals surface area contributed by atoms with Crippen molar-refractivity contribution in [3.63, 3.8) is 0 Å². The second kappa shape index (κ2) is 7.58. The fraction of sp³-hybridized carbons (Fsp3) is 0.286. The van der Waals surface area contributed by atoms with Crippen LogP contribution in [0.25, 0.3) is 21.4 Å². The van der Waals surface area contributed by atoms with Crippen LogP contribution in [0.2, 0.25) is 0 Å². The molecule has 0 N–H and O–H groups in total. The molecule has 30 heavy (non-hydrogen) atoms. The summed E-state index contributed by atoms with van der Waals surface area (Å²) in [7, 11) is 0. The minimum Gasteiger partial charge on any atom is -0.474 e. The lowest BCUT2D eigenvalue weighted by atomic mass is 10.1. The highest BCUT2D eigenvalue weighted by molar-refractivity contribution is 7.17. The minimum atomic E-state index is -0.213. The van der Waals surface area contributed by atoms with Gasteiger partial charge in [-0.2, -0.15) is 0 Å². The molecule has 8 nitrogen and oxygen atoms in total. The van der Waals surface area contributed by atoms with Gasteiger partial charge >= 0.3 is 0 Å². The Balaban J connectivity index is 1.61. The van der Waals surface area contributed by atoms with Crippen LogP contribution in [0, 0.1) is 0 Å². The van der Waals surface area contributed by atoms with Crippen molar-refractivity contribution in [3.8, 4) is 17.0 Å². The number of carbonyl (C=O) groups is 1. The van der Waals surface area contributed by atoms with Gasteiger partial charge in [0.15, 0.2) is 11.5 Å². The van der Waals surface area contributed by atoms with Crippen molar-refractivity contribution in [2.45, 2.75) is 0 Å². The number of fused-ring (bicyclic) bond motifs is 2. The van der Waals surface area contributed by atoms with Gasteiger partial charge in [-0.05, 0) is 12.1 Å². The lowest BCUT2D eigenvalue weighted by Crippen LogP contribution is -2.37. The average Bonchev–Trinajstić information content (AvgIpc) is 3.23. The monoisotopic (exact) mass is 425 g/mol. The number of pyridine rings is 1. The summed E-state index contributed by atoms with van der Waals surface area (Å²) < 4.78 is 17.7. The lowest BCUT2D eigenvalue weighted by Gasteiger charge is -2.28. The molecule has 3 aromatic rings. The first-order valence-corrected chi connectivity index (χ1v) is 10.5. The van der Waals surface area contributed by atoms with E-state index in [4.69, 9.17) is 13.9 Å². The van der Waals surface area contributed by atoms with Crippen LogP contribution < -0.4 is 20.0 Å². The molecule has 0 aliphatic carbocycles. The summed E-state index contributed by atoms with van der Waals surface area (Å²) in [6.45, 7) is 6.90. The van der Waals surface area contributed by atoms with E-state index in [9.17, 15) is 9.59 Å². The van der Waals surface area contributed by atoms with Crippen LogP contribution in [0.3, 0.4) is 0 Å². The number of thiophene rings is 1. The van der Waals surface area contributed by atoms with Crippen LogP contribution in [-0.4, -0.2) is 50.3 Å². The summed E-state index contributed by atoms with van der Waals surface area (Å²) in [5.74, 6) is 0.721. The van der Waals surface area contributed by atoms with E-state index in [0.717, 1.165) is 11.1 Å². The van der Waals surface area contributed by atoms with Gasteiger partial charge in [-0.3, -0.25) is 9.59 Å². The Morgan fingerprint density at radius 3 is 2.83 bits per heavy atom. The zero-order valence-corrected chi connectivity index (χ0v) is 16.9. The molecule has 154 valence electrons. The predicted octanol–water partition coefficient (Wildman–Crippen LogP) is 2.66. The number of rotatable bonds is 3. The van der Waals surface area contributed by atoms with E-state index in [1.54, 1.807) is 11.1 Å². The van der Waals surface area contributed by atoms with E-state index in [2.05, 4.69) is 11.6 Å². The van der Waals surface area contributed by atoms with E-state index in [-0.39, 0.29) is 11.3 Å². The van der Waals surface area contributed by atoms with Gasteiger partial charge in [-0.1, -0.05) is 6.58 Å². The van der Waals surface area contributed by atoms with Gasteiger partial charge in [0.1, 0.15) is 17.0 Å². The number of aromatic nitrogens is 1. The molecular formula is C21H19N3O5S. The lowest BCUT2D eigenvalue weighted by molar-refractivity contribution is -0.114. The average molecular weight is 425 g/mol. The maximum absolute atomic E-state index is 12.7. The molecule has 0 unspecified atom stereocenters. The molecular weight excluding hydrogens is 406 g/mol. The maximum atomic E-state index is 12.7. The van der Waals surface area contributed by atoms with E-state index < -0.39 is 0 Å². The standard InChI is InChI=1S/C21H19N3O5S/c1-2-17(26)24-5-8-28-21-15(24)9-13(11-22-21)14-12-30-20-16(25)10-18(29-19(14)20)23-3-6-27-7-4-23/h2,9-12H,1,3-8H2. The molecule has 5 rings (SSSR count). The molecule has 1 saturated heterocycles. The Kier molecular flexibility index (Phi) is 4.76. The molecule has 5 heterocycles. The highest BCUT2D eigenvalue weighted by Gasteiger charge is 2.25. The van der Waals surface area contributed by atoms with Gasteiger partial charge in [0, 0.05) is 41.9 Å². The number of amides is 1. The summed E-state index contributed by atoms with van der Waals surface area (Å²) >= 11 is 1.33. The molecule has 1 fully saturated rings. The van der Waals surface area contributed by atoms with Gasteiger partial charge in [0.25, 0.3) is 5.91 Å². The molecule has 0 atom stereocenters. The second-order valence-electron chi connectivity index (χ2n) is 6.95. The molecule has 2 aliphatic rings. The Hall–Kier alpha value is -3.17. The first-order valence-electron chi connectivity index (χ1n) is 9.61. The first kappa shape index (κ1) is 18.8. The molecule has 9 heteroatoms. The summed E-state index contributed by atoms with van der Waals surface area (Å²) in [4.78, 5) is 32.9. The molecule has 0 bridgehead atoms. The number of hydrogen-bond donors (Lipinski definition) is 0. The number of carbonyl (C=O) groups excluding carboxylic acids is 1. The molecule has 3 aromatic heterocycles. The molecule has 2 aliphatic heterocycles. The van der Waals surface area contributed by atoms with Crippen molar-refractivity contribution in [1.29, 1.82) is 0 Å². The predicted molar refractivity (Wildman–Crippen MR) is 115 cm³/mol. The third kappa shape index (κ3) is 3.16. The maximum Gasteiger partial charge on any atom is 0.250 e. The van der Waals surface area contributed by atoms with Gasteiger partial charge in [0.2, 0.25) is 11.3 Å². The van der Waals surface area contributed by atoms with Crippen molar-refractivity contribution < 1.29 is 18.7 Å². The Morgan fingerprint density at radius 2 is 2.03 bits per heavy atom. The Bertz CT molecular complexity index is 1200. The number of ether oxygens (including phenoxy) is 2. The van der Waals surface area contributed by atoms with Crippen molar-refractivity contribution in [3.05, 3.63) is 46.6 Å². The zero-order valence-electron chi connectivity index (χ0n) is 16.1. The minimum absolute atomic E-state index is 0.0771. The van der Waals surface area contributed by atoms with Crippen LogP contribution in [-0.2, 0) is 9.53 Å². The Morgan fingerprint density at radius 1 is 1.20 bits per heavy atom. The van der Waals surface area contributed by atoms with Gasteiger partial charge in [0.05, 0.1) is 19.8 Å². The number of morpholine rings is 1. The van der Waals surface area contributed by atoms with Crippen LogP contribution in [0.5, 0.6) is 5.88 Å². The summed E-state index contributed by atoms with van der Waals surface area (Å²) in [6.07, 6.45) is 2.94. The summed E-state index contributed by atoms with van der Waals surface area (Å²) in [5.41, 5.74) is 2.53. The van der Waals surface area contributed by atoms with Crippen molar-refractivity contribution in [1.82, 2.24) is 4.98 Å². The highest BCUT2D eigenvalue weighted by atomic mass is 32.1. The van der Waals surface area contributed by atoms with E-state index in [1.165, 1.54) is 23.5 Å². The highest BCUT2D eigenvalue weighted by Crippen LogP contribution is 2.38. The fourth-order valence-corrected chi connectivity index (χ4v) is 4.57. The van der Waals surface area contributed by atoms with E-state index in [1.807, 2.05) is 16.3 Å². The van der Waals surface area contributed by atoms with Crippen LogP contribution in [0.1, 0.15) is 0 Å². The zero-order chi connectivity index (χ0) is 20.7. The number of anilines is 2. The molecule has 1 amide bonds. The van der Waals surface area contributed by atoms with Crippen LogP contribution in [0.4, 0.5) is 11.6 Å². The number of hydrogen-bond acceptors (Lipinski definition) is 8. The fourth-order valence-electron chi connectivity index (χ4n) is 3.65. The topological polar surface area (TPSA) is 85.1 Å². The molecule has 0 saturated carbocycles. The van der Waals surface area contributed by atoms with E-state index in [0.29, 0.717) is 67.2 Å². The summed E-state index contributed by atoms with van der Waals surface area (Å²) in [5, 5.41) is 1.88. The smallest absolute Gasteiger partial charge is 0.250 e. The van der Waals surface area contributed by atoms with Crippen LogP contribution >= 0.6 is 11.3 Å². The van der Waals surface area contributed by atoms with Gasteiger partial charge < -0.3 is 23.7 Å². The van der Waals surface area contributed by atoms with Gasteiger partial charge in [-0.25, -0.2) is 4.98 Å². The quantitative estimate of drug-likeness (QED) is 0.597. The van der Waals surface area contributed by atoms with Crippen molar-refractivity contribution in [2.75, 3.05) is 49.3 Å². The number of nitrogens with zero attached hydrogens (tertiary/aromatic N) is 3. The normalized spacial score (nSPS) is 16.3. The third-order valence-electron chi connectivity index (χ3n) is 5.18. The molecule has 0 aromatic carbocycles. The van der Waals surface area contributed by atoms with E-state index >= 15 is 0 Å². The SMILES string of the molecule is C=CC(=O)N1CCOc2ncc(-c3csc4c(=O)cc(N5CCOCC5)oc34)cc21.